The Kier molecular flexibility index (Phi) is 7.01. The lowest BCUT2D eigenvalue weighted by Gasteiger charge is -2.33. The van der Waals surface area contributed by atoms with E-state index < -0.39 is 0 Å². The second kappa shape index (κ2) is 9.46. The van der Waals surface area contributed by atoms with Crippen molar-refractivity contribution in [2.45, 2.75) is 19.5 Å². The number of carbonyl (C=O) groups excluding carboxylic acids is 1. The largest absolute Gasteiger partial charge is 0.465 e. The first-order chi connectivity index (χ1) is 13.0. The number of rotatable bonds is 6. The third-order valence-electron chi connectivity index (χ3n) is 4.49. The summed E-state index contributed by atoms with van der Waals surface area (Å²) in [6.07, 6.45) is 0. The summed E-state index contributed by atoms with van der Waals surface area (Å²) in [6, 6.07) is 8.80. The van der Waals surface area contributed by atoms with Crippen LogP contribution >= 0.6 is 23.2 Å². The summed E-state index contributed by atoms with van der Waals surface area (Å²) in [7, 11) is 0. The molecule has 146 valence electrons. The Morgan fingerprint density at radius 1 is 1.19 bits per heavy atom. The lowest BCUT2D eigenvalue weighted by Crippen LogP contribution is -2.45. The molecule has 1 unspecified atom stereocenters. The first-order valence-electron chi connectivity index (χ1n) is 8.86. The molecule has 1 saturated heterocycles. The molecule has 2 N–H and O–H groups in total. The second-order valence-electron chi connectivity index (χ2n) is 6.41. The second-order valence-corrected chi connectivity index (χ2v) is 7.26. The van der Waals surface area contributed by atoms with Crippen LogP contribution in [-0.4, -0.2) is 43.8 Å². The van der Waals surface area contributed by atoms with E-state index in [1.165, 1.54) is 0 Å². The molecule has 0 aliphatic carbocycles. The highest BCUT2D eigenvalue weighted by Crippen LogP contribution is 2.23. The van der Waals surface area contributed by atoms with Crippen molar-refractivity contribution < 1.29 is 13.9 Å². The standard InChI is InChI=1S/C19H23Cl2N3O3/c1-13-2-5-18(27-13)17(24-6-8-26-9-7-24)12-23-19(25)22-11-14-3-4-15(20)10-16(14)21/h2-5,10,17H,6-9,11-12H2,1H3,(H2,22,23,25). The number of hydrogen-bond acceptors (Lipinski definition) is 4. The van der Waals surface area contributed by atoms with Gasteiger partial charge in [0, 0.05) is 36.2 Å². The van der Waals surface area contributed by atoms with Gasteiger partial charge in [-0.25, -0.2) is 4.79 Å². The summed E-state index contributed by atoms with van der Waals surface area (Å²) < 4.78 is 11.2. The van der Waals surface area contributed by atoms with Crippen molar-refractivity contribution >= 4 is 29.2 Å². The minimum absolute atomic E-state index is 0.0348. The van der Waals surface area contributed by atoms with Crippen LogP contribution in [0.15, 0.2) is 34.7 Å². The van der Waals surface area contributed by atoms with Crippen LogP contribution in [-0.2, 0) is 11.3 Å². The van der Waals surface area contributed by atoms with Gasteiger partial charge in [-0.3, -0.25) is 4.90 Å². The number of amides is 2. The number of hydrogen-bond donors (Lipinski definition) is 2. The van der Waals surface area contributed by atoms with Gasteiger partial charge in [0.2, 0.25) is 0 Å². The number of furan rings is 1. The van der Waals surface area contributed by atoms with Gasteiger partial charge in [-0.1, -0.05) is 29.3 Å². The average molecular weight is 412 g/mol. The van der Waals surface area contributed by atoms with Crippen LogP contribution in [0.5, 0.6) is 0 Å². The third-order valence-corrected chi connectivity index (χ3v) is 5.07. The number of nitrogens with zero attached hydrogens (tertiary/aromatic N) is 1. The van der Waals surface area contributed by atoms with Crippen LogP contribution in [0.25, 0.3) is 0 Å². The zero-order chi connectivity index (χ0) is 19.2. The maximum absolute atomic E-state index is 12.3. The summed E-state index contributed by atoms with van der Waals surface area (Å²) in [5.41, 5.74) is 0.808. The van der Waals surface area contributed by atoms with E-state index in [4.69, 9.17) is 32.4 Å². The smallest absolute Gasteiger partial charge is 0.315 e. The molecule has 0 spiro atoms. The molecule has 2 heterocycles. The van der Waals surface area contributed by atoms with Crippen molar-refractivity contribution in [1.82, 2.24) is 15.5 Å². The number of carbonyl (C=O) groups is 1. The lowest BCUT2D eigenvalue weighted by molar-refractivity contribution is 0.0121. The number of halogens is 2. The predicted molar refractivity (Wildman–Crippen MR) is 105 cm³/mol. The highest BCUT2D eigenvalue weighted by atomic mass is 35.5. The van der Waals surface area contributed by atoms with E-state index in [-0.39, 0.29) is 12.1 Å². The Balaban J connectivity index is 1.56. The van der Waals surface area contributed by atoms with Gasteiger partial charge in [-0.2, -0.15) is 0 Å². The van der Waals surface area contributed by atoms with Crippen LogP contribution in [0.3, 0.4) is 0 Å². The molecule has 8 heteroatoms. The fraction of sp³-hybridized carbons (Fsp3) is 0.421. The van der Waals surface area contributed by atoms with Crippen LogP contribution < -0.4 is 10.6 Å². The van der Waals surface area contributed by atoms with Crippen LogP contribution in [0.2, 0.25) is 10.0 Å². The van der Waals surface area contributed by atoms with E-state index in [0.717, 1.165) is 30.2 Å². The van der Waals surface area contributed by atoms with Crippen molar-refractivity contribution in [3.05, 3.63) is 57.5 Å². The SMILES string of the molecule is Cc1ccc(C(CNC(=O)NCc2ccc(Cl)cc2Cl)N2CCOCC2)o1. The lowest BCUT2D eigenvalue weighted by atomic mass is 10.1. The topological polar surface area (TPSA) is 66.7 Å². The molecular formula is C19H23Cl2N3O3. The summed E-state index contributed by atoms with van der Waals surface area (Å²) in [5.74, 6) is 1.69. The van der Waals surface area contributed by atoms with E-state index in [1.807, 2.05) is 19.1 Å². The van der Waals surface area contributed by atoms with Gasteiger partial charge in [-0.05, 0) is 36.8 Å². The van der Waals surface area contributed by atoms with E-state index in [1.54, 1.807) is 18.2 Å². The quantitative estimate of drug-likeness (QED) is 0.758. The maximum atomic E-state index is 12.3. The predicted octanol–water partition coefficient (Wildman–Crippen LogP) is 3.77. The van der Waals surface area contributed by atoms with Crippen molar-refractivity contribution in [1.29, 1.82) is 0 Å². The number of ether oxygens (including phenoxy) is 1. The molecule has 1 aliphatic rings. The van der Waals surface area contributed by atoms with Gasteiger partial charge in [0.25, 0.3) is 0 Å². The Morgan fingerprint density at radius 3 is 2.63 bits per heavy atom. The molecule has 1 fully saturated rings. The number of morpholine rings is 1. The fourth-order valence-electron chi connectivity index (χ4n) is 3.02. The molecule has 1 aliphatic heterocycles. The van der Waals surface area contributed by atoms with Gasteiger partial charge in [-0.15, -0.1) is 0 Å². The first-order valence-corrected chi connectivity index (χ1v) is 9.62. The monoisotopic (exact) mass is 411 g/mol. The molecule has 2 aromatic rings. The van der Waals surface area contributed by atoms with Crippen molar-refractivity contribution in [3.8, 4) is 0 Å². The summed E-state index contributed by atoms with van der Waals surface area (Å²) in [4.78, 5) is 14.5. The summed E-state index contributed by atoms with van der Waals surface area (Å²) >= 11 is 12.0. The molecule has 3 rings (SSSR count). The van der Waals surface area contributed by atoms with E-state index in [0.29, 0.717) is 36.3 Å². The summed E-state index contributed by atoms with van der Waals surface area (Å²) in [6.45, 7) is 5.63. The van der Waals surface area contributed by atoms with Crippen molar-refractivity contribution in [3.63, 3.8) is 0 Å². The minimum atomic E-state index is -0.262. The zero-order valence-corrected chi connectivity index (χ0v) is 16.6. The Bertz CT molecular complexity index is 775. The average Bonchev–Trinajstić information content (AvgIpc) is 3.08. The molecule has 1 atom stereocenters. The van der Waals surface area contributed by atoms with E-state index in [2.05, 4.69) is 15.5 Å². The molecule has 0 saturated carbocycles. The molecule has 2 amide bonds. The van der Waals surface area contributed by atoms with E-state index >= 15 is 0 Å². The highest BCUT2D eigenvalue weighted by Gasteiger charge is 2.25. The van der Waals surface area contributed by atoms with Gasteiger partial charge in [0.15, 0.2) is 0 Å². The molecule has 0 bridgehead atoms. The number of urea groups is 1. The molecule has 0 radical (unpaired) electrons. The Hall–Kier alpha value is -1.73. The fourth-order valence-corrected chi connectivity index (χ4v) is 3.50. The molecule has 1 aromatic heterocycles. The van der Waals surface area contributed by atoms with Crippen molar-refractivity contribution in [2.75, 3.05) is 32.8 Å². The van der Waals surface area contributed by atoms with Gasteiger partial charge in [0.05, 0.1) is 19.3 Å². The third kappa shape index (κ3) is 5.62. The van der Waals surface area contributed by atoms with E-state index in [9.17, 15) is 4.79 Å². The van der Waals surface area contributed by atoms with Gasteiger partial charge in [0.1, 0.15) is 11.5 Å². The number of nitrogens with one attached hydrogen (secondary N) is 2. The van der Waals surface area contributed by atoms with Crippen LogP contribution in [0.4, 0.5) is 4.79 Å². The number of aryl methyl sites for hydroxylation is 1. The normalized spacial score (nSPS) is 16.1. The van der Waals surface area contributed by atoms with Gasteiger partial charge < -0.3 is 19.8 Å². The minimum Gasteiger partial charge on any atom is -0.465 e. The first kappa shape index (κ1) is 20.0. The maximum Gasteiger partial charge on any atom is 0.315 e. The molecule has 6 nitrogen and oxygen atoms in total. The Labute approximate surface area is 168 Å². The van der Waals surface area contributed by atoms with Crippen molar-refractivity contribution in [2.24, 2.45) is 0 Å². The van der Waals surface area contributed by atoms with Crippen LogP contribution in [0, 0.1) is 6.92 Å². The molecule has 1 aromatic carbocycles. The van der Waals surface area contributed by atoms with Gasteiger partial charge >= 0.3 is 6.03 Å². The highest BCUT2D eigenvalue weighted by molar-refractivity contribution is 6.35. The molecular weight excluding hydrogens is 389 g/mol. The zero-order valence-electron chi connectivity index (χ0n) is 15.1. The van der Waals surface area contributed by atoms with Crippen LogP contribution in [0.1, 0.15) is 23.1 Å². The number of benzene rings is 1. The Morgan fingerprint density at radius 2 is 1.96 bits per heavy atom. The summed E-state index contributed by atoms with van der Waals surface area (Å²) in [5, 5.41) is 6.84. The molecule has 27 heavy (non-hydrogen) atoms.